The molecule has 0 aliphatic carbocycles. The van der Waals surface area contributed by atoms with E-state index in [1.807, 2.05) is 6.92 Å². The van der Waals surface area contributed by atoms with Gasteiger partial charge in [0.05, 0.1) is 0 Å². The minimum absolute atomic E-state index is 0.850. The van der Waals surface area contributed by atoms with Crippen molar-refractivity contribution in [1.29, 1.82) is 5.53 Å². The third-order valence-electron chi connectivity index (χ3n) is 0.322. The smallest absolute Gasteiger partial charge is 0.0285 e. The second-order valence-electron chi connectivity index (χ2n) is 0.806. The van der Waals surface area contributed by atoms with Crippen LogP contribution in [0.3, 0.4) is 0 Å². The monoisotopic (exact) mass is 85.1 g/mol. The lowest BCUT2D eigenvalue weighted by atomic mass is 10.6. The summed E-state index contributed by atoms with van der Waals surface area (Å²) in [5.74, 6) is 0. The Morgan fingerprint density at radius 3 is 2.67 bits per heavy atom. The molecule has 0 spiro atoms. The molecule has 0 aliphatic rings. The first-order valence-electron chi connectivity index (χ1n) is 1.80. The summed E-state index contributed by atoms with van der Waals surface area (Å²) < 4.78 is 0. The summed E-state index contributed by atoms with van der Waals surface area (Å²) in [6, 6.07) is 0. The van der Waals surface area contributed by atoms with Crippen LogP contribution in [-0.4, -0.2) is 6.21 Å². The lowest BCUT2D eigenvalue weighted by Crippen LogP contribution is -1.59. The lowest BCUT2D eigenvalue weighted by Gasteiger charge is -1.65. The van der Waals surface area contributed by atoms with Gasteiger partial charge in [-0.15, -0.1) is 5.10 Å². The Morgan fingerprint density at radius 1 is 1.83 bits per heavy atom. The number of nitrogens with zero attached hydrogens (tertiary/aromatic N) is 2. The molecule has 0 radical (unpaired) electrons. The van der Waals surface area contributed by atoms with Crippen LogP contribution in [0.1, 0.15) is 13.3 Å². The molecular weight excluding hydrogens is 78.1 g/mol. The molecule has 0 unspecified atom stereocenters. The van der Waals surface area contributed by atoms with Crippen LogP contribution in [0, 0.1) is 5.53 Å². The zero-order valence-corrected chi connectivity index (χ0v) is 3.68. The lowest BCUT2D eigenvalue weighted by molar-refractivity contribution is 0.988. The highest BCUT2D eigenvalue weighted by Gasteiger charge is 1.57. The molecule has 3 nitrogen and oxygen atoms in total. The van der Waals surface area contributed by atoms with Crippen molar-refractivity contribution in [2.45, 2.75) is 13.3 Å². The molecule has 6 heavy (non-hydrogen) atoms. The van der Waals surface area contributed by atoms with Gasteiger partial charge in [-0.3, -0.25) is 0 Å². The van der Waals surface area contributed by atoms with Gasteiger partial charge >= 0.3 is 0 Å². The molecule has 0 bridgehead atoms. The number of rotatable bonds is 2. The van der Waals surface area contributed by atoms with Crippen molar-refractivity contribution in [2.24, 2.45) is 10.3 Å². The first-order chi connectivity index (χ1) is 2.91. The van der Waals surface area contributed by atoms with Crippen molar-refractivity contribution >= 4 is 6.21 Å². The van der Waals surface area contributed by atoms with Crippen molar-refractivity contribution in [3.05, 3.63) is 0 Å². The van der Waals surface area contributed by atoms with Gasteiger partial charge in [-0.2, -0.15) is 5.53 Å². The predicted octanol–water partition coefficient (Wildman–Crippen LogP) is 1.41. The van der Waals surface area contributed by atoms with Gasteiger partial charge < -0.3 is 0 Å². The van der Waals surface area contributed by atoms with Crippen LogP contribution in [0.15, 0.2) is 10.3 Å². The van der Waals surface area contributed by atoms with Gasteiger partial charge in [0.1, 0.15) is 0 Å². The highest BCUT2D eigenvalue weighted by atomic mass is 15.3. The predicted molar refractivity (Wildman–Crippen MR) is 23.9 cm³/mol. The Kier molecular flexibility index (Phi) is 3.75. The quantitative estimate of drug-likeness (QED) is 0.299. The van der Waals surface area contributed by atoms with Crippen molar-refractivity contribution in [3.8, 4) is 0 Å². The van der Waals surface area contributed by atoms with Crippen LogP contribution in [0.4, 0.5) is 0 Å². The summed E-state index contributed by atoms with van der Waals surface area (Å²) in [4.78, 5) is 0. The molecule has 0 amide bonds. The molecule has 0 rings (SSSR count). The number of hydrogen-bond donors (Lipinski definition) is 1. The first kappa shape index (κ1) is 5.27. The maximum atomic E-state index is 6.13. The Labute approximate surface area is 36.6 Å². The average Bonchev–Trinajstić information content (AvgIpc) is 1.61. The highest BCUT2D eigenvalue weighted by Crippen LogP contribution is 1.67. The van der Waals surface area contributed by atoms with Crippen molar-refractivity contribution in [1.82, 2.24) is 0 Å². The minimum atomic E-state index is 0.850. The van der Waals surface area contributed by atoms with Gasteiger partial charge in [-0.05, 0) is 6.42 Å². The van der Waals surface area contributed by atoms with E-state index < -0.39 is 0 Å². The van der Waals surface area contributed by atoms with Crippen molar-refractivity contribution < 1.29 is 0 Å². The summed E-state index contributed by atoms with van der Waals surface area (Å²) in [7, 11) is 0. The fourth-order valence-electron chi connectivity index (χ4n) is 0.122. The maximum absolute atomic E-state index is 6.13. The van der Waals surface area contributed by atoms with E-state index in [0.29, 0.717) is 0 Å². The Hall–Kier alpha value is -0.730. The standard InChI is InChI=1S/C3H7N3/c1-2-3-5-6-4/h3-4H,2H2,1H3. The van der Waals surface area contributed by atoms with Crippen LogP contribution >= 0.6 is 0 Å². The van der Waals surface area contributed by atoms with Gasteiger partial charge in [0.25, 0.3) is 0 Å². The second kappa shape index (κ2) is 4.27. The van der Waals surface area contributed by atoms with E-state index in [2.05, 4.69) is 10.3 Å². The summed E-state index contributed by atoms with van der Waals surface area (Å²) in [5.41, 5.74) is 6.13. The maximum Gasteiger partial charge on any atom is 0.0285 e. The molecule has 0 saturated heterocycles. The zero-order chi connectivity index (χ0) is 4.83. The van der Waals surface area contributed by atoms with Gasteiger partial charge in [0, 0.05) is 6.21 Å². The van der Waals surface area contributed by atoms with Crippen LogP contribution < -0.4 is 0 Å². The Bertz CT molecular complexity index is 57.1. The van der Waals surface area contributed by atoms with E-state index in [1.165, 1.54) is 0 Å². The molecule has 1 N–H and O–H groups in total. The summed E-state index contributed by atoms with van der Waals surface area (Å²) in [6.07, 6.45) is 2.43. The molecule has 0 aromatic rings. The fraction of sp³-hybridized carbons (Fsp3) is 0.667. The first-order valence-corrected chi connectivity index (χ1v) is 1.80. The second-order valence-corrected chi connectivity index (χ2v) is 0.806. The summed E-state index contributed by atoms with van der Waals surface area (Å²) in [5, 5.41) is 6.00. The molecular formula is C3H7N3. The molecule has 0 aromatic carbocycles. The van der Waals surface area contributed by atoms with Crippen molar-refractivity contribution in [2.75, 3.05) is 0 Å². The Balaban J connectivity index is 2.94. The Morgan fingerprint density at radius 2 is 2.50 bits per heavy atom. The van der Waals surface area contributed by atoms with E-state index in [9.17, 15) is 0 Å². The third-order valence-corrected chi connectivity index (χ3v) is 0.322. The van der Waals surface area contributed by atoms with E-state index in [0.717, 1.165) is 6.42 Å². The summed E-state index contributed by atoms with van der Waals surface area (Å²) >= 11 is 0. The number of nitrogens with one attached hydrogen (secondary N) is 1. The van der Waals surface area contributed by atoms with Crippen molar-refractivity contribution in [3.63, 3.8) is 0 Å². The molecule has 0 heterocycles. The van der Waals surface area contributed by atoms with Crippen LogP contribution in [0.25, 0.3) is 0 Å². The van der Waals surface area contributed by atoms with Crippen LogP contribution in [-0.2, 0) is 0 Å². The van der Waals surface area contributed by atoms with E-state index in [-0.39, 0.29) is 0 Å². The molecule has 34 valence electrons. The minimum Gasteiger partial charge on any atom is -0.185 e. The third kappa shape index (κ3) is 3.27. The van der Waals surface area contributed by atoms with E-state index >= 15 is 0 Å². The SMILES string of the molecule is CCC=NN=N. The van der Waals surface area contributed by atoms with Gasteiger partial charge in [0.2, 0.25) is 0 Å². The normalized spacial score (nSPS) is 9.50. The van der Waals surface area contributed by atoms with Crippen LogP contribution in [0.2, 0.25) is 0 Å². The highest BCUT2D eigenvalue weighted by molar-refractivity contribution is 5.55. The fourth-order valence-corrected chi connectivity index (χ4v) is 0.122. The molecule has 3 heteroatoms. The molecule has 0 fully saturated rings. The molecule has 0 saturated carbocycles. The molecule has 0 aliphatic heterocycles. The molecule has 0 aromatic heterocycles. The summed E-state index contributed by atoms with van der Waals surface area (Å²) in [6.45, 7) is 1.94. The van der Waals surface area contributed by atoms with Gasteiger partial charge in [0.15, 0.2) is 0 Å². The van der Waals surface area contributed by atoms with Crippen LogP contribution in [0.5, 0.6) is 0 Å². The van der Waals surface area contributed by atoms with Gasteiger partial charge in [-0.1, -0.05) is 12.1 Å². The van der Waals surface area contributed by atoms with E-state index in [4.69, 9.17) is 5.53 Å². The topological polar surface area (TPSA) is 48.6 Å². The largest absolute Gasteiger partial charge is 0.185 e. The van der Waals surface area contributed by atoms with E-state index in [1.54, 1.807) is 6.21 Å². The van der Waals surface area contributed by atoms with Gasteiger partial charge in [-0.25, -0.2) is 0 Å². The molecule has 0 atom stereocenters. The average molecular weight is 85.1 g/mol. The number of hydrogen-bond acceptors (Lipinski definition) is 2. The zero-order valence-electron chi connectivity index (χ0n) is 3.68.